The Bertz CT molecular complexity index is 676. The van der Waals surface area contributed by atoms with E-state index < -0.39 is 22.8 Å². The van der Waals surface area contributed by atoms with Crippen LogP contribution in [0.1, 0.15) is 90.2 Å². The van der Waals surface area contributed by atoms with Crippen LogP contribution in [0.2, 0.25) is 0 Å². The third-order valence-electron chi connectivity index (χ3n) is 5.82. The molecule has 0 aromatic heterocycles. The third-order valence-corrected chi connectivity index (χ3v) is 5.82. The van der Waals surface area contributed by atoms with Crippen molar-refractivity contribution < 1.29 is 24.9 Å². The van der Waals surface area contributed by atoms with Crippen molar-refractivity contribution in [2.45, 2.75) is 91.9 Å². The number of hydrogen-bond acceptors (Lipinski definition) is 3. The van der Waals surface area contributed by atoms with Gasteiger partial charge in [-0.2, -0.15) is 0 Å². The van der Waals surface area contributed by atoms with Crippen molar-refractivity contribution in [2.75, 3.05) is 0 Å². The van der Waals surface area contributed by atoms with E-state index >= 15 is 0 Å². The van der Waals surface area contributed by atoms with Crippen LogP contribution in [0, 0.1) is 10.8 Å². The van der Waals surface area contributed by atoms with Crippen molar-refractivity contribution in [1.29, 1.82) is 0 Å². The summed E-state index contributed by atoms with van der Waals surface area (Å²) in [6, 6.07) is 5.78. The van der Waals surface area contributed by atoms with Crippen LogP contribution in [0.15, 0.2) is 18.2 Å². The first kappa shape index (κ1) is 25.0. The molecule has 5 nitrogen and oxygen atoms in total. The number of unbranched alkanes of at least 4 members (excludes halogenated alkanes) is 4. The molecule has 0 aliphatic heterocycles. The summed E-state index contributed by atoms with van der Waals surface area (Å²) in [5.74, 6) is -1.18. The van der Waals surface area contributed by atoms with Crippen LogP contribution in [0.3, 0.4) is 0 Å². The van der Waals surface area contributed by atoms with Gasteiger partial charge < -0.3 is 15.3 Å². The molecular weight excluding hydrogens is 368 g/mol. The van der Waals surface area contributed by atoms with E-state index in [0.717, 1.165) is 56.9 Å². The van der Waals surface area contributed by atoms with Crippen LogP contribution in [0.5, 0.6) is 5.75 Å². The van der Waals surface area contributed by atoms with Gasteiger partial charge in [-0.1, -0.05) is 37.8 Å². The number of carboxylic acid groups (broad SMARTS) is 2. The molecule has 3 N–H and O–H groups in total. The van der Waals surface area contributed by atoms with Crippen molar-refractivity contribution in [3.05, 3.63) is 29.3 Å². The highest BCUT2D eigenvalue weighted by Gasteiger charge is 2.26. The minimum absolute atomic E-state index is 0.322. The van der Waals surface area contributed by atoms with Gasteiger partial charge in [0.2, 0.25) is 0 Å². The molecule has 0 aliphatic carbocycles. The normalized spacial score (nSPS) is 12.1. The number of aromatic hydroxyl groups is 1. The second-order valence-electron chi connectivity index (χ2n) is 9.46. The number of rotatable bonds is 14. The van der Waals surface area contributed by atoms with Crippen LogP contribution >= 0.6 is 0 Å². The molecule has 0 saturated heterocycles. The maximum atomic E-state index is 11.1. The summed E-state index contributed by atoms with van der Waals surface area (Å²) in [5, 5.41) is 28.4. The molecule has 1 aromatic rings. The first-order chi connectivity index (χ1) is 13.5. The van der Waals surface area contributed by atoms with E-state index in [0.29, 0.717) is 18.6 Å². The van der Waals surface area contributed by atoms with Gasteiger partial charge in [-0.3, -0.25) is 9.59 Å². The molecule has 29 heavy (non-hydrogen) atoms. The number of phenolic OH excluding ortho intramolecular Hbond substituents is 1. The zero-order valence-corrected chi connectivity index (χ0v) is 18.5. The Kier molecular flexibility index (Phi) is 9.67. The number of benzene rings is 1. The molecule has 1 aromatic carbocycles. The fraction of sp³-hybridized carbons (Fsp3) is 0.667. The highest BCUT2D eigenvalue weighted by Crippen LogP contribution is 2.27. The van der Waals surface area contributed by atoms with Crippen molar-refractivity contribution in [2.24, 2.45) is 10.8 Å². The summed E-state index contributed by atoms with van der Waals surface area (Å²) < 4.78 is 0. The molecule has 0 amide bonds. The standard InChI is InChI=1S/C24H38O5/c1-23(2,21(26)27)15-9-5-7-11-18-13-14-20(25)19(17-18)12-8-6-10-16-24(3,4)22(28)29/h13-14,17,25H,5-12,15-16H2,1-4H3,(H,26,27)(H,28,29). The van der Waals surface area contributed by atoms with E-state index in [-0.39, 0.29) is 0 Å². The smallest absolute Gasteiger partial charge is 0.309 e. The first-order valence-corrected chi connectivity index (χ1v) is 10.7. The number of aryl methyl sites for hydroxylation is 2. The molecule has 0 saturated carbocycles. The zero-order valence-electron chi connectivity index (χ0n) is 18.5. The molecule has 164 valence electrons. The first-order valence-electron chi connectivity index (χ1n) is 10.7. The molecule has 0 aliphatic rings. The van der Waals surface area contributed by atoms with Gasteiger partial charge in [0.25, 0.3) is 0 Å². The van der Waals surface area contributed by atoms with Crippen LogP contribution in [0.25, 0.3) is 0 Å². The van der Waals surface area contributed by atoms with E-state index in [1.54, 1.807) is 33.8 Å². The van der Waals surface area contributed by atoms with Crippen LogP contribution in [-0.4, -0.2) is 27.3 Å². The van der Waals surface area contributed by atoms with Crippen LogP contribution < -0.4 is 0 Å². The molecule has 5 heteroatoms. The average Bonchev–Trinajstić information content (AvgIpc) is 2.62. The molecular formula is C24H38O5. The quantitative estimate of drug-likeness (QED) is 0.338. The Morgan fingerprint density at radius 3 is 1.72 bits per heavy atom. The Hall–Kier alpha value is -2.04. The lowest BCUT2D eigenvalue weighted by Crippen LogP contribution is -2.23. The molecule has 0 unspecified atom stereocenters. The Labute approximate surface area is 175 Å². The summed E-state index contributed by atoms with van der Waals surface area (Å²) in [6.07, 6.45) is 8.69. The monoisotopic (exact) mass is 406 g/mol. The Balaban J connectivity index is 2.37. The van der Waals surface area contributed by atoms with Gasteiger partial charge in [0.15, 0.2) is 0 Å². The van der Waals surface area contributed by atoms with Gasteiger partial charge in [-0.25, -0.2) is 0 Å². The average molecular weight is 407 g/mol. The predicted octanol–water partition coefficient (Wildman–Crippen LogP) is 5.82. The SMILES string of the molecule is CC(C)(CCCCCc1ccc(O)c(CCCCCC(C)(C)C(=O)O)c1)C(=O)O. The molecule has 0 spiro atoms. The Morgan fingerprint density at radius 1 is 0.759 bits per heavy atom. The maximum absolute atomic E-state index is 11.1. The largest absolute Gasteiger partial charge is 0.508 e. The van der Waals surface area contributed by atoms with Crippen molar-refractivity contribution >= 4 is 11.9 Å². The van der Waals surface area contributed by atoms with Gasteiger partial charge in [-0.15, -0.1) is 0 Å². The summed E-state index contributed by atoms with van der Waals surface area (Å²) >= 11 is 0. The molecule has 1 rings (SSSR count). The lowest BCUT2D eigenvalue weighted by molar-refractivity contribution is -0.148. The van der Waals surface area contributed by atoms with Crippen molar-refractivity contribution in [3.8, 4) is 5.75 Å². The van der Waals surface area contributed by atoms with Gasteiger partial charge in [-0.05, 0) is 83.4 Å². The van der Waals surface area contributed by atoms with Gasteiger partial charge >= 0.3 is 11.9 Å². The van der Waals surface area contributed by atoms with E-state index in [2.05, 4.69) is 6.07 Å². The summed E-state index contributed by atoms with van der Waals surface area (Å²) in [5.41, 5.74) is 0.807. The van der Waals surface area contributed by atoms with E-state index in [1.165, 1.54) is 5.56 Å². The number of hydrogen-bond donors (Lipinski definition) is 3. The van der Waals surface area contributed by atoms with Crippen molar-refractivity contribution in [3.63, 3.8) is 0 Å². The summed E-state index contributed by atoms with van der Waals surface area (Å²) in [4.78, 5) is 22.3. The predicted molar refractivity (Wildman–Crippen MR) is 115 cm³/mol. The highest BCUT2D eigenvalue weighted by atomic mass is 16.4. The van der Waals surface area contributed by atoms with E-state index in [9.17, 15) is 14.7 Å². The lowest BCUT2D eigenvalue weighted by atomic mass is 9.86. The van der Waals surface area contributed by atoms with E-state index in [4.69, 9.17) is 10.2 Å². The van der Waals surface area contributed by atoms with Crippen molar-refractivity contribution in [1.82, 2.24) is 0 Å². The Morgan fingerprint density at radius 2 is 1.24 bits per heavy atom. The molecule has 0 fully saturated rings. The van der Waals surface area contributed by atoms with Crippen LogP contribution in [-0.2, 0) is 22.4 Å². The molecule has 0 radical (unpaired) electrons. The minimum atomic E-state index is -0.755. The highest BCUT2D eigenvalue weighted by molar-refractivity contribution is 5.73. The zero-order chi connectivity index (χ0) is 22.1. The fourth-order valence-corrected chi connectivity index (χ4v) is 3.34. The van der Waals surface area contributed by atoms with E-state index in [1.807, 2.05) is 6.07 Å². The lowest BCUT2D eigenvalue weighted by Gasteiger charge is -2.18. The summed E-state index contributed by atoms with van der Waals surface area (Å²) in [7, 11) is 0. The topological polar surface area (TPSA) is 94.8 Å². The number of carbonyl (C=O) groups is 2. The number of phenols is 1. The number of carboxylic acids is 2. The van der Waals surface area contributed by atoms with Gasteiger partial charge in [0.05, 0.1) is 10.8 Å². The maximum Gasteiger partial charge on any atom is 0.309 e. The van der Waals surface area contributed by atoms with Gasteiger partial charge in [0.1, 0.15) is 5.75 Å². The van der Waals surface area contributed by atoms with Crippen LogP contribution in [0.4, 0.5) is 0 Å². The molecule has 0 bridgehead atoms. The second-order valence-corrected chi connectivity index (χ2v) is 9.46. The minimum Gasteiger partial charge on any atom is -0.508 e. The van der Waals surface area contributed by atoms with Gasteiger partial charge in [0, 0.05) is 0 Å². The molecule has 0 heterocycles. The fourth-order valence-electron chi connectivity index (χ4n) is 3.34. The number of aliphatic carboxylic acids is 2. The third kappa shape index (κ3) is 8.88. The summed E-state index contributed by atoms with van der Waals surface area (Å²) in [6.45, 7) is 7.05. The second kappa shape index (κ2) is 11.2. The molecule has 0 atom stereocenters.